The molecule has 0 aliphatic carbocycles. The van der Waals surface area contributed by atoms with Crippen molar-refractivity contribution in [3.63, 3.8) is 0 Å². The van der Waals surface area contributed by atoms with Gasteiger partial charge in [-0.05, 0) is 29.8 Å². The van der Waals surface area contributed by atoms with Crippen molar-refractivity contribution >= 4 is 21.6 Å². The summed E-state index contributed by atoms with van der Waals surface area (Å²) < 4.78 is 45.4. The van der Waals surface area contributed by atoms with Crippen LogP contribution in [0.15, 0.2) is 53.1 Å². The van der Waals surface area contributed by atoms with Gasteiger partial charge in [-0.1, -0.05) is 41.0 Å². The Morgan fingerprint density at radius 2 is 1.85 bits per heavy atom. The van der Waals surface area contributed by atoms with E-state index in [0.717, 1.165) is 0 Å². The molecule has 0 amide bonds. The van der Waals surface area contributed by atoms with Crippen LogP contribution in [0.3, 0.4) is 0 Å². The number of hydrogen-bond donors (Lipinski definition) is 1. The van der Waals surface area contributed by atoms with Crippen molar-refractivity contribution in [3.8, 4) is 11.4 Å². The van der Waals surface area contributed by atoms with E-state index in [1.165, 1.54) is 6.07 Å². The molecule has 26 heavy (non-hydrogen) atoms. The highest BCUT2D eigenvalue weighted by Gasteiger charge is 2.14. The van der Waals surface area contributed by atoms with E-state index in [-0.39, 0.29) is 36.0 Å². The van der Waals surface area contributed by atoms with Crippen molar-refractivity contribution in [2.24, 2.45) is 0 Å². The van der Waals surface area contributed by atoms with E-state index >= 15 is 0 Å². The van der Waals surface area contributed by atoms with E-state index < -0.39 is 15.8 Å². The maximum absolute atomic E-state index is 13.7. The zero-order chi connectivity index (χ0) is 18.6. The molecule has 9 heteroatoms. The highest BCUT2D eigenvalue weighted by molar-refractivity contribution is 7.88. The summed E-state index contributed by atoms with van der Waals surface area (Å²) in [7, 11) is -3.51. The molecule has 0 spiro atoms. The summed E-state index contributed by atoms with van der Waals surface area (Å²) >= 11 is 5.78. The van der Waals surface area contributed by atoms with Gasteiger partial charge in [0.05, 0.1) is 11.3 Å². The normalized spacial score (nSPS) is 11.6. The SMILES string of the molecule is O=S(=O)(Cc1ccc(Cl)cc1)NCCc1nc(-c2ccccc2F)no1. The molecule has 0 aliphatic rings. The van der Waals surface area contributed by atoms with Crippen molar-refractivity contribution in [3.05, 3.63) is 70.8 Å². The fraction of sp³-hybridized carbons (Fsp3) is 0.176. The van der Waals surface area contributed by atoms with Gasteiger partial charge in [0.15, 0.2) is 0 Å². The van der Waals surface area contributed by atoms with Crippen LogP contribution in [-0.2, 0) is 22.2 Å². The van der Waals surface area contributed by atoms with E-state index in [2.05, 4.69) is 14.9 Å². The van der Waals surface area contributed by atoms with Crippen molar-refractivity contribution < 1.29 is 17.3 Å². The molecule has 1 heterocycles. The summed E-state index contributed by atoms with van der Waals surface area (Å²) in [5.41, 5.74) is 0.854. The largest absolute Gasteiger partial charge is 0.339 e. The van der Waals surface area contributed by atoms with Crippen molar-refractivity contribution in [1.82, 2.24) is 14.9 Å². The second-order valence-electron chi connectivity index (χ2n) is 5.52. The van der Waals surface area contributed by atoms with Crippen molar-refractivity contribution in [2.45, 2.75) is 12.2 Å². The van der Waals surface area contributed by atoms with Crippen LogP contribution < -0.4 is 4.72 Å². The third-order valence-corrected chi connectivity index (χ3v) is 5.12. The molecule has 0 fully saturated rings. The zero-order valence-corrected chi connectivity index (χ0v) is 15.1. The molecule has 0 radical (unpaired) electrons. The quantitative estimate of drug-likeness (QED) is 0.664. The maximum atomic E-state index is 13.7. The second-order valence-corrected chi connectivity index (χ2v) is 7.76. The molecule has 0 atom stereocenters. The lowest BCUT2D eigenvalue weighted by molar-refractivity contribution is 0.378. The highest BCUT2D eigenvalue weighted by Crippen LogP contribution is 2.19. The van der Waals surface area contributed by atoms with Crippen LogP contribution in [0.25, 0.3) is 11.4 Å². The molecule has 0 saturated carbocycles. The maximum Gasteiger partial charge on any atom is 0.228 e. The van der Waals surface area contributed by atoms with Crippen LogP contribution in [0.1, 0.15) is 11.5 Å². The lowest BCUT2D eigenvalue weighted by Crippen LogP contribution is -2.27. The number of sulfonamides is 1. The molecular formula is C17H15ClFN3O3S. The standard InChI is InChI=1S/C17H15ClFN3O3S/c18-13-7-5-12(6-8-13)11-26(23,24)20-10-9-16-21-17(22-25-16)14-3-1-2-4-15(14)19/h1-8,20H,9-11H2. The summed E-state index contributed by atoms with van der Waals surface area (Å²) in [6.07, 6.45) is 0.196. The molecule has 3 aromatic rings. The van der Waals surface area contributed by atoms with Crippen LogP contribution in [0, 0.1) is 5.82 Å². The van der Waals surface area contributed by atoms with Crippen LogP contribution in [0.2, 0.25) is 5.02 Å². The predicted octanol–water partition coefficient (Wildman–Crippen LogP) is 3.19. The van der Waals surface area contributed by atoms with Gasteiger partial charge in [0.25, 0.3) is 0 Å². The highest BCUT2D eigenvalue weighted by atomic mass is 35.5. The molecule has 6 nitrogen and oxygen atoms in total. The van der Waals surface area contributed by atoms with Crippen LogP contribution in [0.5, 0.6) is 0 Å². The van der Waals surface area contributed by atoms with E-state index in [0.29, 0.717) is 10.6 Å². The van der Waals surface area contributed by atoms with Gasteiger partial charge in [0.2, 0.25) is 21.7 Å². The number of nitrogens with one attached hydrogen (secondary N) is 1. The summed E-state index contributed by atoms with van der Waals surface area (Å²) in [6.45, 7) is 0.0921. The van der Waals surface area contributed by atoms with E-state index in [1.54, 1.807) is 42.5 Å². The number of benzene rings is 2. The van der Waals surface area contributed by atoms with Crippen LogP contribution >= 0.6 is 11.6 Å². The Hall–Kier alpha value is -2.29. The van der Waals surface area contributed by atoms with Gasteiger partial charge in [-0.2, -0.15) is 4.98 Å². The first-order chi connectivity index (χ1) is 12.4. The Morgan fingerprint density at radius 1 is 1.12 bits per heavy atom. The molecular weight excluding hydrogens is 381 g/mol. The third kappa shape index (κ3) is 4.87. The Labute approximate surface area is 155 Å². The lowest BCUT2D eigenvalue weighted by Gasteiger charge is -2.05. The molecule has 0 unspecified atom stereocenters. The lowest BCUT2D eigenvalue weighted by atomic mass is 10.2. The molecule has 0 bridgehead atoms. The molecule has 2 aromatic carbocycles. The van der Waals surface area contributed by atoms with Gasteiger partial charge in [-0.25, -0.2) is 17.5 Å². The van der Waals surface area contributed by atoms with E-state index in [9.17, 15) is 12.8 Å². The van der Waals surface area contributed by atoms with Crippen molar-refractivity contribution in [2.75, 3.05) is 6.54 Å². The van der Waals surface area contributed by atoms with Gasteiger partial charge in [-0.3, -0.25) is 0 Å². The minimum absolute atomic E-state index is 0.0921. The van der Waals surface area contributed by atoms with Crippen LogP contribution in [0.4, 0.5) is 4.39 Å². The van der Waals surface area contributed by atoms with Gasteiger partial charge in [0.1, 0.15) is 5.82 Å². The zero-order valence-electron chi connectivity index (χ0n) is 13.5. The van der Waals surface area contributed by atoms with Crippen LogP contribution in [-0.4, -0.2) is 25.1 Å². The molecule has 0 saturated heterocycles. The number of hydrogen-bond acceptors (Lipinski definition) is 5. The molecule has 3 rings (SSSR count). The first kappa shape index (κ1) is 18.5. The second kappa shape index (κ2) is 7.94. The summed E-state index contributed by atoms with van der Waals surface area (Å²) in [4.78, 5) is 4.09. The first-order valence-electron chi connectivity index (χ1n) is 7.72. The van der Waals surface area contributed by atoms with Crippen molar-refractivity contribution in [1.29, 1.82) is 0 Å². The minimum atomic E-state index is -3.51. The fourth-order valence-electron chi connectivity index (χ4n) is 2.27. The molecule has 1 aromatic heterocycles. The Bertz CT molecular complexity index is 990. The van der Waals surface area contributed by atoms with E-state index in [1.807, 2.05) is 0 Å². The number of aromatic nitrogens is 2. The number of rotatable bonds is 7. The summed E-state index contributed by atoms with van der Waals surface area (Å²) in [5.74, 6) is -0.267. The fourth-order valence-corrected chi connectivity index (χ4v) is 3.55. The van der Waals surface area contributed by atoms with Gasteiger partial charge >= 0.3 is 0 Å². The number of nitrogens with zero attached hydrogens (tertiary/aromatic N) is 2. The summed E-state index contributed by atoms with van der Waals surface area (Å²) in [6, 6.07) is 12.6. The monoisotopic (exact) mass is 395 g/mol. The topological polar surface area (TPSA) is 85.1 Å². The average molecular weight is 396 g/mol. The Morgan fingerprint density at radius 3 is 2.58 bits per heavy atom. The third-order valence-electron chi connectivity index (χ3n) is 3.51. The molecule has 1 N–H and O–H groups in total. The Balaban J connectivity index is 1.56. The van der Waals surface area contributed by atoms with Gasteiger partial charge < -0.3 is 4.52 Å². The van der Waals surface area contributed by atoms with Gasteiger partial charge in [-0.15, -0.1) is 0 Å². The predicted molar refractivity (Wildman–Crippen MR) is 95.5 cm³/mol. The smallest absolute Gasteiger partial charge is 0.228 e. The van der Waals surface area contributed by atoms with E-state index in [4.69, 9.17) is 16.1 Å². The summed E-state index contributed by atoms with van der Waals surface area (Å²) in [5, 5.41) is 4.27. The Kier molecular flexibility index (Phi) is 5.65. The minimum Gasteiger partial charge on any atom is -0.339 e. The molecule has 0 aliphatic heterocycles. The number of halogens is 2. The van der Waals surface area contributed by atoms with Gasteiger partial charge in [0, 0.05) is 18.0 Å². The first-order valence-corrected chi connectivity index (χ1v) is 9.75. The molecule has 136 valence electrons. The average Bonchev–Trinajstić information content (AvgIpc) is 3.05.